The van der Waals surface area contributed by atoms with Crippen molar-refractivity contribution in [2.75, 3.05) is 26.0 Å². The van der Waals surface area contributed by atoms with Crippen LogP contribution in [0.25, 0.3) is 10.9 Å². The molecule has 0 radical (unpaired) electrons. The first kappa shape index (κ1) is 21.0. The van der Waals surface area contributed by atoms with Gasteiger partial charge in [0.15, 0.2) is 9.84 Å². The highest BCUT2D eigenvalue weighted by Gasteiger charge is 2.16. The van der Waals surface area contributed by atoms with Crippen LogP contribution in [0.3, 0.4) is 0 Å². The molecule has 1 amide bonds. The van der Waals surface area contributed by atoms with E-state index in [4.69, 9.17) is 4.74 Å². The van der Waals surface area contributed by atoms with Crippen LogP contribution in [0.1, 0.15) is 5.56 Å². The van der Waals surface area contributed by atoms with Gasteiger partial charge in [0.1, 0.15) is 5.82 Å². The van der Waals surface area contributed by atoms with Gasteiger partial charge in [-0.1, -0.05) is 18.2 Å². The fourth-order valence-corrected chi connectivity index (χ4v) is 4.32. The number of methoxy groups -OCH3 is 1. The third kappa shape index (κ3) is 5.21. The Bertz CT molecular complexity index is 1090. The van der Waals surface area contributed by atoms with Gasteiger partial charge in [0.25, 0.3) is 0 Å². The van der Waals surface area contributed by atoms with Crippen molar-refractivity contribution in [3.63, 3.8) is 0 Å². The molecule has 154 valence electrons. The molecular weight excluding hydrogens is 395 g/mol. The summed E-state index contributed by atoms with van der Waals surface area (Å²) in [6, 6.07) is 12.5. The molecule has 0 unspecified atom stereocenters. The summed E-state index contributed by atoms with van der Waals surface area (Å²) in [5.74, 6) is -1.00. The minimum atomic E-state index is -3.59. The molecule has 29 heavy (non-hydrogen) atoms. The van der Waals surface area contributed by atoms with E-state index in [0.717, 1.165) is 28.6 Å². The van der Waals surface area contributed by atoms with E-state index in [2.05, 4.69) is 5.32 Å². The molecule has 0 aliphatic carbocycles. The van der Waals surface area contributed by atoms with Crippen LogP contribution in [0.2, 0.25) is 0 Å². The standard InChI is InChI=1S/C21H23FN2O4S/c1-28-12-11-24-15-16(19-4-2-3-5-20(19)24)14-21(25)23-10-13-29(26,27)18-8-6-17(22)7-9-18/h2-9,15H,10-14H2,1H3,(H,23,25). The molecule has 6 nitrogen and oxygen atoms in total. The van der Waals surface area contributed by atoms with Crippen LogP contribution in [0.5, 0.6) is 0 Å². The fraction of sp³-hybridized carbons (Fsp3) is 0.286. The van der Waals surface area contributed by atoms with Crippen LogP contribution in [-0.2, 0) is 32.3 Å². The summed E-state index contributed by atoms with van der Waals surface area (Å²) < 4.78 is 44.7. The zero-order valence-electron chi connectivity index (χ0n) is 16.1. The topological polar surface area (TPSA) is 77.4 Å². The van der Waals surface area contributed by atoms with Crippen LogP contribution >= 0.6 is 0 Å². The van der Waals surface area contributed by atoms with Crippen molar-refractivity contribution in [1.82, 2.24) is 9.88 Å². The molecular formula is C21H23FN2O4S. The van der Waals surface area contributed by atoms with Gasteiger partial charge in [-0.15, -0.1) is 0 Å². The molecule has 3 aromatic rings. The van der Waals surface area contributed by atoms with Crippen LogP contribution in [-0.4, -0.2) is 44.9 Å². The van der Waals surface area contributed by atoms with Gasteiger partial charge in [-0.05, 0) is 35.9 Å². The molecule has 2 aromatic carbocycles. The van der Waals surface area contributed by atoms with Gasteiger partial charge in [0, 0.05) is 37.3 Å². The lowest BCUT2D eigenvalue weighted by atomic mass is 10.1. The number of nitrogens with one attached hydrogen (secondary N) is 1. The Hall–Kier alpha value is -2.71. The Labute approximate surface area is 169 Å². The van der Waals surface area contributed by atoms with Gasteiger partial charge in [-0.2, -0.15) is 0 Å². The SMILES string of the molecule is COCCn1cc(CC(=O)NCCS(=O)(=O)c2ccc(F)cc2)c2ccccc21. The Morgan fingerprint density at radius 2 is 1.86 bits per heavy atom. The molecule has 0 fully saturated rings. The number of fused-ring (bicyclic) bond motifs is 1. The second kappa shape index (κ2) is 9.19. The predicted molar refractivity (Wildman–Crippen MR) is 109 cm³/mol. The van der Waals surface area contributed by atoms with Gasteiger partial charge in [-0.3, -0.25) is 4.79 Å². The number of nitrogens with zero attached hydrogens (tertiary/aromatic N) is 1. The molecule has 1 heterocycles. The van der Waals surface area contributed by atoms with Crippen molar-refractivity contribution in [2.45, 2.75) is 17.9 Å². The first-order chi connectivity index (χ1) is 13.9. The summed E-state index contributed by atoms with van der Waals surface area (Å²) >= 11 is 0. The minimum Gasteiger partial charge on any atom is -0.383 e. The van der Waals surface area contributed by atoms with Crippen LogP contribution in [0.4, 0.5) is 4.39 Å². The normalized spacial score (nSPS) is 11.7. The van der Waals surface area contributed by atoms with Gasteiger partial charge in [-0.25, -0.2) is 12.8 Å². The minimum absolute atomic E-state index is 0.0130. The number of para-hydroxylation sites is 1. The van der Waals surface area contributed by atoms with Crippen molar-refractivity contribution < 1.29 is 22.3 Å². The van der Waals surface area contributed by atoms with Crippen molar-refractivity contribution >= 4 is 26.6 Å². The molecule has 0 aliphatic heterocycles. The Kier molecular flexibility index (Phi) is 6.66. The van der Waals surface area contributed by atoms with E-state index in [1.165, 1.54) is 12.1 Å². The molecule has 1 N–H and O–H groups in total. The number of hydrogen-bond donors (Lipinski definition) is 1. The number of halogens is 1. The number of benzene rings is 2. The Balaban J connectivity index is 1.62. The first-order valence-corrected chi connectivity index (χ1v) is 10.9. The zero-order chi connectivity index (χ0) is 20.9. The Morgan fingerprint density at radius 1 is 1.14 bits per heavy atom. The highest BCUT2D eigenvalue weighted by molar-refractivity contribution is 7.91. The maximum atomic E-state index is 13.0. The lowest BCUT2D eigenvalue weighted by Gasteiger charge is -2.07. The quantitative estimate of drug-likeness (QED) is 0.542. The molecule has 0 bridgehead atoms. The Morgan fingerprint density at radius 3 is 2.59 bits per heavy atom. The average molecular weight is 418 g/mol. The van der Waals surface area contributed by atoms with Gasteiger partial charge in [0.2, 0.25) is 5.91 Å². The summed E-state index contributed by atoms with van der Waals surface area (Å²) in [4.78, 5) is 12.4. The molecule has 3 rings (SSSR count). The molecule has 0 atom stereocenters. The van der Waals surface area contributed by atoms with E-state index < -0.39 is 15.7 Å². The third-order valence-electron chi connectivity index (χ3n) is 4.62. The van der Waals surface area contributed by atoms with E-state index in [-0.39, 0.29) is 29.5 Å². The fourth-order valence-electron chi connectivity index (χ4n) is 3.16. The van der Waals surface area contributed by atoms with E-state index in [0.29, 0.717) is 13.2 Å². The monoisotopic (exact) mass is 418 g/mol. The molecule has 0 aliphatic rings. The predicted octanol–water partition coefficient (Wildman–Crippen LogP) is 2.56. The smallest absolute Gasteiger partial charge is 0.224 e. The van der Waals surface area contributed by atoms with Crippen molar-refractivity contribution in [3.05, 3.63) is 66.1 Å². The number of carbonyl (C=O) groups excluding carboxylic acids is 1. The zero-order valence-corrected chi connectivity index (χ0v) is 16.9. The maximum Gasteiger partial charge on any atom is 0.224 e. The van der Waals surface area contributed by atoms with Crippen molar-refractivity contribution in [3.8, 4) is 0 Å². The number of aromatic nitrogens is 1. The summed E-state index contributed by atoms with van der Waals surface area (Å²) in [7, 11) is -1.95. The lowest BCUT2D eigenvalue weighted by Crippen LogP contribution is -2.30. The maximum absolute atomic E-state index is 13.0. The number of sulfone groups is 1. The summed E-state index contributed by atoms with van der Waals surface area (Å²) in [5, 5.41) is 3.64. The number of hydrogen-bond acceptors (Lipinski definition) is 4. The lowest BCUT2D eigenvalue weighted by molar-refractivity contribution is -0.120. The van der Waals surface area contributed by atoms with Crippen LogP contribution in [0, 0.1) is 5.82 Å². The number of amides is 1. The molecule has 1 aromatic heterocycles. The molecule has 0 saturated heterocycles. The van der Waals surface area contributed by atoms with Gasteiger partial charge < -0.3 is 14.6 Å². The van der Waals surface area contributed by atoms with Crippen molar-refractivity contribution in [2.24, 2.45) is 0 Å². The summed E-state index contributed by atoms with van der Waals surface area (Å²) in [6.45, 7) is 1.22. The van der Waals surface area contributed by atoms with E-state index in [1.807, 2.05) is 35.0 Å². The molecule has 0 saturated carbocycles. The highest BCUT2D eigenvalue weighted by Crippen LogP contribution is 2.22. The number of carbonyl (C=O) groups is 1. The largest absolute Gasteiger partial charge is 0.383 e. The molecule has 8 heteroatoms. The van der Waals surface area contributed by atoms with Gasteiger partial charge >= 0.3 is 0 Å². The van der Waals surface area contributed by atoms with Crippen molar-refractivity contribution in [1.29, 1.82) is 0 Å². The van der Waals surface area contributed by atoms with Gasteiger partial charge in [0.05, 0.1) is 23.7 Å². The summed E-state index contributed by atoms with van der Waals surface area (Å²) in [5.41, 5.74) is 1.89. The first-order valence-electron chi connectivity index (χ1n) is 9.21. The summed E-state index contributed by atoms with van der Waals surface area (Å²) in [6.07, 6.45) is 2.08. The van der Waals surface area contributed by atoms with Crippen LogP contribution < -0.4 is 5.32 Å². The molecule has 0 spiro atoms. The second-order valence-corrected chi connectivity index (χ2v) is 8.77. The van der Waals surface area contributed by atoms with E-state index in [1.54, 1.807) is 7.11 Å². The van der Waals surface area contributed by atoms with E-state index in [9.17, 15) is 17.6 Å². The number of rotatable bonds is 9. The third-order valence-corrected chi connectivity index (χ3v) is 6.36. The second-order valence-electron chi connectivity index (χ2n) is 6.66. The average Bonchev–Trinajstić information content (AvgIpc) is 3.04. The number of ether oxygens (including phenoxy) is 1. The highest BCUT2D eigenvalue weighted by atomic mass is 32.2. The van der Waals surface area contributed by atoms with Crippen LogP contribution in [0.15, 0.2) is 59.6 Å². The van der Waals surface area contributed by atoms with E-state index >= 15 is 0 Å².